The van der Waals surface area contributed by atoms with Crippen molar-refractivity contribution in [3.05, 3.63) is 24.2 Å². The minimum absolute atomic E-state index is 0.583. The molecule has 2 heterocycles. The lowest BCUT2D eigenvalue weighted by Gasteiger charge is -2.27. The third-order valence-electron chi connectivity index (χ3n) is 4.81. The van der Waals surface area contributed by atoms with Crippen molar-refractivity contribution in [2.24, 2.45) is 10.9 Å². The average Bonchev–Trinajstić information content (AvgIpc) is 3.30. The molecule has 5 heteroatoms. The van der Waals surface area contributed by atoms with Crippen molar-refractivity contribution < 1.29 is 9.15 Å². The SMILES string of the molecule is CN(CC1CCOC1)C(=NCCc1ccco1)NC1CCCC1. The van der Waals surface area contributed by atoms with Crippen molar-refractivity contribution >= 4 is 5.96 Å². The van der Waals surface area contributed by atoms with E-state index in [1.165, 1.54) is 25.7 Å². The van der Waals surface area contributed by atoms with E-state index in [4.69, 9.17) is 14.1 Å². The lowest BCUT2D eigenvalue weighted by molar-refractivity contribution is 0.181. The van der Waals surface area contributed by atoms with Crippen LogP contribution in [0.2, 0.25) is 0 Å². The number of hydrogen-bond acceptors (Lipinski definition) is 3. The number of guanidine groups is 1. The Morgan fingerprint density at radius 3 is 2.91 bits per heavy atom. The molecule has 0 amide bonds. The first-order valence-electron chi connectivity index (χ1n) is 8.93. The molecule has 1 saturated heterocycles. The molecular weight excluding hydrogens is 290 g/mol. The molecule has 128 valence electrons. The zero-order valence-electron chi connectivity index (χ0n) is 14.2. The van der Waals surface area contributed by atoms with Gasteiger partial charge in [-0.1, -0.05) is 12.8 Å². The third kappa shape index (κ3) is 4.99. The summed E-state index contributed by atoms with van der Waals surface area (Å²) >= 11 is 0. The van der Waals surface area contributed by atoms with Crippen LogP contribution in [0.1, 0.15) is 37.9 Å². The Bertz CT molecular complexity index is 474. The maximum absolute atomic E-state index is 5.50. The lowest BCUT2D eigenvalue weighted by atomic mass is 10.1. The van der Waals surface area contributed by atoms with Crippen LogP contribution in [0, 0.1) is 5.92 Å². The number of nitrogens with one attached hydrogen (secondary N) is 1. The second-order valence-corrected chi connectivity index (χ2v) is 6.77. The minimum Gasteiger partial charge on any atom is -0.469 e. The Morgan fingerprint density at radius 2 is 2.22 bits per heavy atom. The molecule has 1 aromatic heterocycles. The highest BCUT2D eigenvalue weighted by molar-refractivity contribution is 5.80. The fourth-order valence-electron chi connectivity index (χ4n) is 3.46. The second kappa shape index (κ2) is 8.39. The standard InChI is InChI=1S/C18H29N3O2/c1-21(13-15-9-12-22-14-15)18(20-16-5-2-3-6-16)19-10-8-17-7-4-11-23-17/h4,7,11,15-16H,2-3,5-6,8-10,12-14H2,1H3,(H,19,20). The van der Waals surface area contributed by atoms with Crippen LogP contribution >= 0.6 is 0 Å². The molecule has 1 unspecified atom stereocenters. The molecule has 5 nitrogen and oxygen atoms in total. The van der Waals surface area contributed by atoms with Crippen molar-refractivity contribution in [2.45, 2.75) is 44.6 Å². The molecule has 0 radical (unpaired) electrons. The van der Waals surface area contributed by atoms with Crippen LogP contribution in [-0.4, -0.2) is 50.3 Å². The van der Waals surface area contributed by atoms with Gasteiger partial charge in [0.1, 0.15) is 5.76 Å². The summed E-state index contributed by atoms with van der Waals surface area (Å²) in [6.45, 7) is 3.56. The van der Waals surface area contributed by atoms with E-state index in [1.54, 1.807) is 6.26 Å². The van der Waals surface area contributed by atoms with Gasteiger partial charge in [-0.25, -0.2) is 0 Å². The number of hydrogen-bond donors (Lipinski definition) is 1. The van der Waals surface area contributed by atoms with Crippen molar-refractivity contribution in [2.75, 3.05) is 33.4 Å². The lowest BCUT2D eigenvalue weighted by Crippen LogP contribution is -2.45. The van der Waals surface area contributed by atoms with E-state index < -0.39 is 0 Å². The Morgan fingerprint density at radius 1 is 1.35 bits per heavy atom. The normalized spacial score (nSPS) is 22.7. The van der Waals surface area contributed by atoms with Crippen molar-refractivity contribution in [3.63, 3.8) is 0 Å². The quantitative estimate of drug-likeness (QED) is 0.647. The molecule has 3 rings (SSSR count). The summed E-state index contributed by atoms with van der Waals surface area (Å²) in [5.74, 6) is 2.66. The summed E-state index contributed by atoms with van der Waals surface area (Å²) in [6.07, 6.45) is 8.92. The number of furan rings is 1. The fourth-order valence-corrected chi connectivity index (χ4v) is 3.46. The third-order valence-corrected chi connectivity index (χ3v) is 4.81. The summed E-state index contributed by atoms with van der Waals surface area (Å²) in [4.78, 5) is 7.11. The number of rotatable bonds is 6. The molecule has 2 fully saturated rings. The van der Waals surface area contributed by atoms with Gasteiger partial charge in [0.05, 0.1) is 12.9 Å². The summed E-state index contributed by atoms with van der Waals surface area (Å²) in [6, 6.07) is 4.53. The Labute approximate surface area is 139 Å². The first-order valence-corrected chi connectivity index (χ1v) is 8.93. The van der Waals surface area contributed by atoms with Gasteiger partial charge in [0.2, 0.25) is 0 Å². The first kappa shape index (κ1) is 16.4. The van der Waals surface area contributed by atoms with Crippen molar-refractivity contribution in [3.8, 4) is 0 Å². The van der Waals surface area contributed by atoms with E-state index in [1.807, 2.05) is 12.1 Å². The van der Waals surface area contributed by atoms with Gasteiger partial charge in [0, 0.05) is 45.1 Å². The van der Waals surface area contributed by atoms with Gasteiger partial charge in [0.15, 0.2) is 5.96 Å². The summed E-state index contributed by atoms with van der Waals surface area (Å²) < 4.78 is 10.9. The molecule has 0 spiro atoms. The second-order valence-electron chi connectivity index (χ2n) is 6.77. The fraction of sp³-hybridized carbons (Fsp3) is 0.722. The maximum Gasteiger partial charge on any atom is 0.193 e. The molecule has 2 aliphatic rings. The van der Waals surface area contributed by atoms with Crippen molar-refractivity contribution in [1.29, 1.82) is 0 Å². The van der Waals surface area contributed by atoms with Crippen LogP contribution in [0.3, 0.4) is 0 Å². The molecule has 0 bridgehead atoms. The van der Waals surface area contributed by atoms with Crippen LogP contribution in [0.4, 0.5) is 0 Å². The summed E-state index contributed by atoms with van der Waals surface area (Å²) in [5.41, 5.74) is 0. The van der Waals surface area contributed by atoms with Gasteiger partial charge in [-0.15, -0.1) is 0 Å². The van der Waals surface area contributed by atoms with E-state index in [0.717, 1.165) is 50.9 Å². The van der Waals surface area contributed by atoms with Crippen LogP contribution in [0.5, 0.6) is 0 Å². The zero-order valence-corrected chi connectivity index (χ0v) is 14.2. The van der Waals surface area contributed by atoms with E-state index in [-0.39, 0.29) is 0 Å². The highest BCUT2D eigenvalue weighted by Gasteiger charge is 2.22. The topological polar surface area (TPSA) is 50.0 Å². The number of ether oxygens (including phenoxy) is 1. The molecule has 1 aliphatic heterocycles. The number of nitrogens with zero attached hydrogens (tertiary/aromatic N) is 2. The van der Waals surface area contributed by atoms with E-state index in [9.17, 15) is 0 Å². The molecule has 1 aromatic rings. The van der Waals surface area contributed by atoms with Gasteiger partial charge in [0.25, 0.3) is 0 Å². The largest absolute Gasteiger partial charge is 0.469 e. The summed E-state index contributed by atoms with van der Waals surface area (Å²) in [5, 5.41) is 3.67. The van der Waals surface area contributed by atoms with Crippen molar-refractivity contribution in [1.82, 2.24) is 10.2 Å². The zero-order chi connectivity index (χ0) is 15.9. The predicted octanol–water partition coefficient (Wildman–Crippen LogP) is 2.68. The maximum atomic E-state index is 5.50. The Kier molecular flexibility index (Phi) is 5.97. The first-order chi connectivity index (χ1) is 11.3. The molecular formula is C18H29N3O2. The van der Waals surface area contributed by atoms with E-state index in [0.29, 0.717) is 12.0 Å². The molecule has 1 aliphatic carbocycles. The molecule has 1 atom stereocenters. The number of aliphatic imine (C=N–C) groups is 1. The van der Waals surface area contributed by atoms with Gasteiger partial charge in [-0.3, -0.25) is 4.99 Å². The van der Waals surface area contributed by atoms with Gasteiger partial charge < -0.3 is 19.4 Å². The molecule has 0 aromatic carbocycles. The smallest absolute Gasteiger partial charge is 0.193 e. The molecule has 1 saturated carbocycles. The highest BCUT2D eigenvalue weighted by atomic mass is 16.5. The van der Waals surface area contributed by atoms with Crippen LogP contribution < -0.4 is 5.32 Å². The van der Waals surface area contributed by atoms with Gasteiger partial charge in [-0.05, 0) is 31.4 Å². The Hall–Kier alpha value is -1.49. The molecule has 23 heavy (non-hydrogen) atoms. The summed E-state index contributed by atoms with van der Waals surface area (Å²) in [7, 11) is 2.14. The van der Waals surface area contributed by atoms with Gasteiger partial charge in [-0.2, -0.15) is 0 Å². The molecule has 1 N–H and O–H groups in total. The van der Waals surface area contributed by atoms with E-state index >= 15 is 0 Å². The average molecular weight is 319 g/mol. The Balaban J connectivity index is 1.56. The minimum atomic E-state index is 0.583. The highest BCUT2D eigenvalue weighted by Crippen LogP contribution is 2.18. The van der Waals surface area contributed by atoms with Crippen LogP contribution in [0.15, 0.2) is 27.8 Å². The van der Waals surface area contributed by atoms with E-state index in [2.05, 4.69) is 17.3 Å². The monoisotopic (exact) mass is 319 g/mol. The van der Waals surface area contributed by atoms with Gasteiger partial charge >= 0.3 is 0 Å². The van der Waals surface area contributed by atoms with Crippen LogP contribution in [-0.2, 0) is 11.2 Å². The van der Waals surface area contributed by atoms with Crippen LogP contribution in [0.25, 0.3) is 0 Å². The predicted molar refractivity (Wildman–Crippen MR) is 91.7 cm³/mol.